The van der Waals surface area contributed by atoms with Gasteiger partial charge in [-0.15, -0.1) is 11.1 Å². The Balaban J connectivity index is 5.22. The van der Waals surface area contributed by atoms with Gasteiger partial charge in [-0.1, -0.05) is 41.5 Å². The van der Waals surface area contributed by atoms with Gasteiger partial charge in [0.15, 0.2) is 0 Å². The Morgan fingerprint density at radius 3 is 1.08 bits per heavy atom. The summed E-state index contributed by atoms with van der Waals surface area (Å²) in [4.78, 5) is 0. The fraction of sp³-hybridized carbons (Fsp3) is 1.00. The van der Waals surface area contributed by atoms with E-state index >= 15 is 0 Å². The molecule has 0 saturated heterocycles. The summed E-state index contributed by atoms with van der Waals surface area (Å²) < 4.78 is 2.26. The Kier molecular flexibility index (Phi) is 3.68. The summed E-state index contributed by atoms with van der Waals surface area (Å²) in [6, 6.07) is 0. The van der Waals surface area contributed by atoms with Crippen LogP contribution in [0.15, 0.2) is 0 Å². The molecule has 0 amide bonds. The van der Waals surface area contributed by atoms with Crippen molar-refractivity contribution in [3.8, 4) is 0 Å². The average molecular weight is 222 g/mol. The van der Waals surface area contributed by atoms with Crippen LogP contribution in [-0.4, -0.2) is 26.2 Å². The minimum atomic E-state index is -1.92. The van der Waals surface area contributed by atoms with Gasteiger partial charge in [0.05, 0.1) is 0 Å². The normalized spacial score (nSPS) is 15.2. The Bertz CT molecular complexity index is 162. The van der Waals surface area contributed by atoms with Gasteiger partial charge in [-0.05, 0) is 24.2 Å². The van der Waals surface area contributed by atoms with Gasteiger partial charge >= 0.3 is 0 Å². The van der Waals surface area contributed by atoms with E-state index in [1.165, 1.54) is 0 Å². The molecule has 0 aliphatic rings. The van der Waals surface area contributed by atoms with Crippen LogP contribution < -0.4 is 0 Å². The number of hydrogen-bond donors (Lipinski definition) is 0. The quantitative estimate of drug-likeness (QED) is 0.481. The molecule has 0 bridgehead atoms. The smallest absolute Gasteiger partial charge is 0.239 e. The molecule has 0 heterocycles. The lowest BCUT2D eigenvalue weighted by Crippen LogP contribution is -2.58. The van der Waals surface area contributed by atoms with Gasteiger partial charge in [-0.25, -0.2) is 0 Å². The second kappa shape index (κ2) is 3.56. The first-order valence-electron chi connectivity index (χ1n) is 4.81. The van der Waals surface area contributed by atoms with Gasteiger partial charge in [-0.2, -0.15) is 0 Å². The minimum absolute atomic E-state index is 0.191. The molecule has 0 aromatic rings. The van der Waals surface area contributed by atoms with Crippen molar-refractivity contribution < 1.29 is 0 Å². The molecule has 0 rings (SSSR count). The molecule has 0 aromatic heterocycles. The maximum Gasteiger partial charge on any atom is 0.239 e. The standard InChI is InChI=1S/C10H24ClNSi/c1-9(2,3)13(11,12(7)8)10(4,5)6/h1-8H3. The van der Waals surface area contributed by atoms with Crippen LogP contribution in [0.3, 0.4) is 0 Å². The van der Waals surface area contributed by atoms with Crippen LogP contribution in [0.2, 0.25) is 10.1 Å². The molecule has 3 heteroatoms. The summed E-state index contributed by atoms with van der Waals surface area (Å²) >= 11 is 6.89. The highest BCUT2D eigenvalue weighted by atomic mass is 35.6. The molecule has 0 aromatic carbocycles. The van der Waals surface area contributed by atoms with E-state index in [-0.39, 0.29) is 10.1 Å². The lowest BCUT2D eigenvalue weighted by Gasteiger charge is -2.50. The molecule has 0 saturated carbocycles. The van der Waals surface area contributed by atoms with E-state index in [2.05, 4.69) is 60.2 Å². The Labute approximate surface area is 89.3 Å². The highest BCUT2D eigenvalue weighted by Crippen LogP contribution is 2.54. The van der Waals surface area contributed by atoms with Gasteiger partial charge in [0.25, 0.3) is 0 Å². The molecule has 0 aliphatic heterocycles. The van der Waals surface area contributed by atoms with Crippen LogP contribution in [-0.2, 0) is 0 Å². The van der Waals surface area contributed by atoms with Crippen molar-refractivity contribution in [3.05, 3.63) is 0 Å². The molecule has 13 heavy (non-hydrogen) atoms. The van der Waals surface area contributed by atoms with Crippen molar-refractivity contribution in [2.45, 2.75) is 51.6 Å². The summed E-state index contributed by atoms with van der Waals surface area (Å²) in [6.45, 7) is 13.5. The molecule has 0 atom stereocenters. The largest absolute Gasteiger partial charge is 0.317 e. The third kappa shape index (κ3) is 2.28. The Morgan fingerprint density at radius 1 is 0.846 bits per heavy atom. The zero-order valence-electron chi connectivity index (χ0n) is 10.3. The highest BCUT2D eigenvalue weighted by molar-refractivity contribution is 7.21. The van der Waals surface area contributed by atoms with Gasteiger partial charge in [-0.3, -0.25) is 0 Å². The number of halogens is 1. The first-order valence-corrected chi connectivity index (χ1v) is 7.77. The first-order chi connectivity index (χ1) is 5.44. The van der Waals surface area contributed by atoms with Crippen LogP contribution in [0.25, 0.3) is 0 Å². The van der Waals surface area contributed by atoms with Gasteiger partial charge < -0.3 is 4.57 Å². The number of rotatable bonds is 1. The molecule has 0 N–H and O–H groups in total. The van der Waals surface area contributed by atoms with Gasteiger partial charge in [0.2, 0.25) is 7.55 Å². The zero-order chi connectivity index (χ0) is 11.1. The van der Waals surface area contributed by atoms with Crippen LogP contribution in [0.1, 0.15) is 41.5 Å². The second-order valence-corrected chi connectivity index (χ2v) is 12.8. The van der Waals surface area contributed by atoms with Crippen LogP contribution in [0, 0.1) is 0 Å². The molecule has 1 nitrogen and oxygen atoms in total. The van der Waals surface area contributed by atoms with Crippen LogP contribution >= 0.6 is 11.1 Å². The van der Waals surface area contributed by atoms with Crippen molar-refractivity contribution in [3.63, 3.8) is 0 Å². The lowest BCUT2D eigenvalue weighted by molar-refractivity contribution is 0.500. The van der Waals surface area contributed by atoms with Crippen molar-refractivity contribution >= 4 is 18.6 Å². The third-order valence-corrected chi connectivity index (χ3v) is 12.2. The van der Waals surface area contributed by atoms with Crippen molar-refractivity contribution in [1.82, 2.24) is 4.57 Å². The predicted molar refractivity (Wildman–Crippen MR) is 64.7 cm³/mol. The topological polar surface area (TPSA) is 3.24 Å². The number of hydrogen-bond acceptors (Lipinski definition) is 1. The van der Waals surface area contributed by atoms with Crippen LogP contribution in [0.5, 0.6) is 0 Å². The van der Waals surface area contributed by atoms with E-state index in [0.29, 0.717) is 0 Å². The summed E-state index contributed by atoms with van der Waals surface area (Å²) in [7, 11) is 2.29. The second-order valence-electron chi connectivity index (χ2n) is 6.02. The van der Waals surface area contributed by atoms with E-state index in [4.69, 9.17) is 11.1 Å². The average Bonchev–Trinajstić information content (AvgIpc) is 1.80. The van der Waals surface area contributed by atoms with Gasteiger partial charge in [0, 0.05) is 0 Å². The summed E-state index contributed by atoms with van der Waals surface area (Å²) in [6.07, 6.45) is 0. The fourth-order valence-corrected chi connectivity index (χ4v) is 7.40. The molecular formula is C10H24ClNSi. The Hall–Kier alpha value is 0.467. The molecule has 0 radical (unpaired) electrons. The van der Waals surface area contributed by atoms with E-state index in [9.17, 15) is 0 Å². The molecule has 0 spiro atoms. The zero-order valence-corrected chi connectivity index (χ0v) is 12.1. The van der Waals surface area contributed by atoms with E-state index in [0.717, 1.165) is 0 Å². The minimum Gasteiger partial charge on any atom is -0.317 e. The third-order valence-electron chi connectivity index (χ3n) is 2.60. The van der Waals surface area contributed by atoms with Gasteiger partial charge in [0.1, 0.15) is 0 Å². The first kappa shape index (κ1) is 13.5. The maximum absolute atomic E-state index is 6.89. The van der Waals surface area contributed by atoms with Crippen molar-refractivity contribution in [1.29, 1.82) is 0 Å². The van der Waals surface area contributed by atoms with Crippen molar-refractivity contribution in [2.75, 3.05) is 14.1 Å². The fourth-order valence-electron chi connectivity index (χ4n) is 2.47. The van der Waals surface area contributed by atoms with Crippen molar-refractivity contribution in [2.24, 2.45) is 0 Å². The van der Waals surface area contributed by atoms with E-state index in [1.54, 1.807) is 0 Å². The summed E-state index contributed by atoms with van der Waals surface area (Å²) in [5.74, 6) is 0. The lowest BCUT2D eigenvalue weighted by atomic mass is 10.2. The SMILES string of the molecule is CN(C)[Si](Cl)(C(C)(C)C)C(C)(C)C. The molecule has 80 valence electrons. The maximum atomic E-state index is 6.89. The predicted octanol–water partition coefficient (Wildman–Crippen LogP) is 3.83. The number of nitrogens with zero attached hydrogens (tertiary/aromatic N) is 1. The molecular weight excluding hydrogens is 198 g/mol. The summed E-state index contributed by atoms with van der Waals surface area (Å²) in [5.41, 5.74) is 0. The monoisotopic (exact) mass is 221 g/mol. The van der Waals surface area contributed by atoms with E-state index in [1.807, 2.05) is 0 Å². The molecule has 0 fully saturated rings. The molecule has 0 aliphatic carbocycles. The Morgan fingerprint density at radius 2 is 1.08 bits per heavy atom. The van der Waals surface area contributed by atoms with E-state index < -0.39 is 7.55 Å². The molecule has 0 unspecified atom stereocenters. The highest BCUT2D eigenvalue weighted by Gasteiger charge is 2.54. The van der Waals surface area contributed by atoms with Crippen LogP contribution in [0.4, 0.5) is 0 Å². The summed E-state index contributed by atoms with van der Waals surface area (Å²) in [5, 5.41) is 0.382.